The van der Waals surface area contributed by atoms with Gasteiger partial charge in [0, 0.05) is 25.4 Å². The molecular formula is C11H18N4O. The molecule has 16 heavy (non-hydrogen) atoms. The summed E-state index contributed by atoms with van der Waals surface area (Å²) in [5.74, 6) is 1.68. The number of hydrogen-bond acceptors (Lipinski definition) is 5. The van der Waals surface area contributed by atoms with Gasteiger partial charge in [0.05, 0.1) is 19.3 Å². The Morgan fingerprint density at radius 3 is 3.06 bits per heavy atom. The second-order valence-electron chi connectivity index (χ2n) is 4.07. The van der Waals surface area contributed by atoms with Crippen molar-refractivity contribution in [1.82, 2.24) is 9.97 Å². The van der Waals surface area contributed by atoms with Crippen LogP contribution in [0.1, 0.15) is 12.5 Å². The Labute approximate surface area is 95.8 Å². The average molecular weight is 222 g/mol. The second-order valence-corrected chi connectivity index (χ2v) is 4.07. The summed E-state index contributed by atoms with van der Waals surface area (Å²) in [7, 11) is 1.83. The topological polar surface area (TPSA) is 50.3 Å². The number of rotatable bonds is 2. The SMILES string of the molecule is CNc1ncc(C)c(N2CCOCC2C)n1. The van der Waals surface area contributed by atoms with Crippen molar-refractivity contribution >= 4 is 11.8 Å². The normalized spacial score (nSPS) is 20.9. The second kappa shape index (κ2) is 4.65. The minimum absolute atomic E-state index is 0.368. The summed E-state index contributed by atoms with van der Waals surface area (Å²) >= 11 is 0. The monoisotopic (exact) mass is 222 g/mol. The Morgan fingerprint density at radius 1 is 1.56 bits per heavy atom. The number of anilines is 2. The molecule has 5 nitrogen and oxygen atoms in total. The first-order chi connectivity index (χ1) is 7.72. The number of nitrogens with zero attached hydrogens (tertiary/aromatic N) is 3. The number of nitrogens with one attached hydrogen (secondary N) is 1. The van der Waals surface area contributed by atoms with Crippen molar-refractivity contribution < 1.29 is 4.74 Å². The van der Waals surface area contributed by atoms with Gasteiger partial charge in [0.15, 0.2) is 0 Å². The van der Waals surface area contributed by atoms with Gasteiger partial charge in [-0.05, 0) is 13.8 Å². The maximum Gasteiger partial charge on any atom is 0.224 e. The van der Waals surface area contributed by atoms with Crippen molar-refractivity contribution in [1.29, 1.82) is 0 Å². The summed E-state index contributed by atoms with van der Waals surface area (Å²) in [6, 6.07) is 0.368. The summed E-state index contributed by atoms with van der Waals surface area (Å²) in [5, 5.41) is 2.97. The molecule has 0 saturated carbocycles. The third kappa shape index (κ3) is 2.09. The Bertz CT molecular complexity index is 369. The standard InChI is InChI=1S/C11H18N4O/c1-8-6-13-11(12-3)14-10(8)15-4-5-16-7-9(15)2/h6,9H,4-5,7H2,1-3H3,(H,12,13,14). The molecule has 0 bridgehead atoms. The molecule has 2 heterocycles. The molecule has 1 atom stereocenters. The fraction of sp³-hybridized carbons (Fsp3) is 0.636. The van der Waals surface area contributed by atoms with Gasteiger partial charge in [-0.1, -0.05) is 0 Å². The molecule has 0 aliphatic carbocycles. The summed E-state index contributed by atoms with van der Waals surface area (Å²) in [6.07, 6.45) is 1.86. The molecule has 5 heteroatoms. The zero-order valence-electron chi connectivity index (χ0n) is 10.0. The van der Waals surface area contributed by atoms with Crippen LogP contribution in [0.2, 0.25) is 0 Å². The molecule has 0 radical (unpaired) electrons. The largest absolute Gasteiger partial charge is 0.377 e. The van der Waals surface area contributed by atoms with Gasteiger partial charge in [0.2, 0.25) is 5.95 Å². The van der Waals surface area contributed by atoms with E-state index in [0.29, 0.717) is 12.0 Å². The molecule has 1 aromatic rings. The van der Waals surface area contributed by atoms with Crippen LogP contribution in [0.5, 0.6) is 0 Å². The lowest BCUT2D eigenvalue weighted by Crippen LogP contribution is -2.44. The van der Waals surface area contributed by atoms with Crippen LogP contribution in [0.3, 0.4) is 0 Å². The van der Waals surface area contributed by atoms with Crippen LogP contribution < -0.4 is 10.2 Å². The van der Waals surface area contributed by atoms with E-state index in [4.69, 9.17) is 4.74 Å². The summed E-state index contributed by atoms with van der Waals surface area (Å²) < 4.78 is 5.43. The fourth-order valence-corrected chi connectivity index (χ4v) is 1.89. The number of aryl methyl sites for hydroxylation is 1. The molecule has 1 aliphatic rings. The Morgan fingerprint density at radius 2 is 2.38 bits per heavy atom. The zero-order chi connectivity index (χ0) is 11.5. The van der Waals surface area contributed by atoms with Crippen molar-refractivity contribution in [2.45, 2.75) is 19.9 Å². The van der Waals surface area contributed by atoms with Crippen molar-refractivity contribution in [3.8, 4) is 0 Å². The number of aromatic nitrogens is 2. The van der Waals surface area contributed by atoms with Crippen molar-refractivity contribution in [2.75, 3.05) is 37.0 Å². The molecule has 1 N–H and O–H groups in total. The van der Waals surface area contributed by atoms with Gasteiger partial charge in [0.25, 0.3) is 0 Å². The molecular weight excluding hydrogens is 204 g/mol. The minimum atomic E-state index is 0.368. The first-order valence-electron chi connectivity index (χ1n) is 5.58. The maximum atomic E-state index is 5.43. The van der Waals surface area contributed by atoms with Crippen molar-refractivity contribution in [3.05, 3.63) is 11.8 Å². The van der Waals surface area contributed by atoms with Gasteiger partial charge in [-0.3, -0.25) is 0 Å². The Hall–Kier alpha value is -1.36. The predicted octanol–water partition coefficient (Wildman–Crippen LogP) is 1.05. The quantitative estimate of drug-likeness (QED) is 0.810. The highest BCUT2D eigenvalue weighted by atomic mass is 16.5. The highest BCUT2D eigenvalue weighted by Crippen LogP contribution is 2.21. The number of ether oxygens (including phenoxy) is 1. The first kappa shape index (κ1) is 11.1. The lowest BCUT2D eigenvalue weighted by atomic mass is 10.2. The first-order valence-corrected chi connectivity index (χ1v) is 5.58. The molecule has 0 spiro atoms. The van der Waals surface area contributed by atoms with Crippen LogP contribution in [0.15, 0.2) is 6.20 Å². The van der Waals surface area contributed by atoms with E-state index in [-0.39, 0.29) is 0 Å². The molecule has 2 rings (SSSR count). The molecule has 1 aliphatic heterocycles. The van der Waals surface area contributed by atoms with Crippen LogP contribution in [-0.4, -0.2) is 42.8 Å². The highest BCUT2D eigenvalue weighted by Gasteiger charge is 2.22. The van der Waals surface area contributed by atoms with E-state index < -0.39 is 0 Å². The molecule has 0 amide bonds. The van der Waals surface area contributed by atoms with Crippen LogP contribution in [-0.2, 0) is 4.74 Å². The van der Waals surface area contributed by atoms with Crippen molar-refractivity contribution in [3.63, 3.8) is 0 Å². The van der Waals surface area contributed by atoms with Gasteiger partial charge in [-0.2, -0.15) is 4.98 Å². The lowest BCUT2D eigenvalue weighted by molar-refractivity contribution is 0.0985. The minimum Gasteiger partial charge on any atom is -0.377 e. The number of hydrogen-bond donors (Lipinski definition) is 1. The summed E-state index contributed by atoms with van der Waals surface area (Å²) in [4.78, 5) is 11.0. The van der Waals surface area contributed by atoms with E-state index in [1.165, 1.54) is 0 Å². The van der Waals surface area contributed by atoms with E-state index in [1.54, 1.807) is 0 Å². The van der Waals surface area contributed by atoms with E-state index in [0.717, 1.165) is 31.1 Å². The van der Waals surface area contributed by atoms with E-state index >= 15 is 0 Å². The third-order valence-electron chi connectivity index (χ3n) is 2.81. The lowest BCUT2D eigenvalue weighted by Gasteiger charge is -2.35. The Balaban J connectivity index is 2.30. The van der Waals surface area contributed by atoms with E-state index in [1.807, 2.05) is 20.2 Å². The average Bonchev–Trinajstić information content (AvgIpc) is 2.31. The van der Waals surface area contributed by atoms with Crippen LogP contribution >= 0.6 is 0 Å². The molecule has 1 fully saturated rings. The number of morpholine rings is 1. The van der Waals surface area contributed by atoms with Crippen LogP contribution in [0, 0.1) is 6.92 Å². The predicted molar refractivity (Wildman–Crippen MR) is 63.9 cm³/mol. The van der Waals surface area contributed by atoms with Gasteiger partial charge < -0.3 is 15.0 Å². The molecule has 0 aromatic carbocycles. The third-order valence-corrected chi connectivity index (χ3v) is 2.81. The maximum absolute atomic E-state index is 5.43. The van der Waals surface area contributed by atoms with Gasteiger partial charge >= 0.3 is 0 Å². The molecule has 1 aromatic heterocycles. The van der Waals surface area contributed by atoms with E-state index in [2.05, 4.69) is 27.1 Å². The summed E-state index contributed by atoms with van der Waals surface area (Å²) in [6.45, 7) is 6.61. The van der Waals surface area contributed by atoms with Crippen LogP contribution in [0.25, 0.3) is 0 Å². The smallest absolute Gasteiger partial charge is 0.224 e. The fourth-order valence-electron chi connectivity index (χ4n) is 1.89. The van der Waals surface area contributed by atoms with E-state index in [9.17, 15) is 0 Å². The highest BCUT2D eigenvalue weighted by molar-refractivity contribution is 5.49. The van der Waals surface area contributed by atoms with Crippen molar-refractivity contribution in [2.24, 2.45) is 0 Å². The molecule has 88 valence electrons. The van der Waals surface area contributed by atoms with Crippen LogP contribution in [0.4, 0.5) is 11.8 Å². The van der Waals surface area contributed by atoms with Gasteiger partial charge in [0.1, 0.15) is 5.82 Å². The molecule has 1 unspecified atom stereocenters. The molecule has 1 saturated heterocycles. The summed E-state index contributed by atoms with van der Waals surface area (Å²) in [5.41, 5.74) is 1.10. The Kier molecular flexibility index (Phi) is 3.24. The van der Waals surface area contributed by atoms with Gasteiger partial charge in [-0.15, -0.1) is 0 Å². The van der Waals surface area contributed by atoms with Gasteiger partial charge in [-0.25, -0.2) is 4.98 Å². The zero-order valence-corrected chi connectivity index (χ0v) is 10.0.